The first kappa shape index (κ1) is 21.1. The number of ether oxygens (including phenoxy) is 1. The van der Waals surface area contributed by atoms with Crippen LogP contribution in [0.3, 0.4) is 0 Å². The molecule has 3 heterocycles. The van der Waals surface area contributed by atoms with E-state index in [4.69, 9.17) is 21.3 Å². The van der Waals surface area contributed by atoms with Crippen LogP contribution < -0.4 is 5.32 Å². The summed E-state index contributed by atoms with van der Waals surface area (Å²) in [5.41, 5.74) is 3.86. The van der Waals surface area contributed by atoms with Gasteiger partial charge in [-0.1, -0.05) is 23.7 Å². The number of fused-ring (bicyclic) bond motifs is 1. The number of hydrogen-bond donors (Lipinski definition) is 2. The number of halogens is 2. The van der Waals surface area contributed by atoms with E-state index in [1.807, 2.05) is 24.3 Å². The second kappa shape index (κ2) is 8.99. The van der Waals surface area contributed by atoms with Gasteiger partial charge >= 0.3 is 0 Å². The molecule has 2 aromatic heterocycles. The van der Waals surface area contributed by atoms with Crippen molar-refractivity contribution >= 4 is 45.2 Å². The van der Waals surface area contributed by atoms with Gasteiger partial charge in [0, 0.05) is 47.4 Å². The molecule has 164 valence electrons. The molecule has 1 aliphatic heterocycles. The lowest BCUT2D eigenvalue weighted by atomic mass is 10.1. The van der Waals surface area contributed by atoms with Crippen LogP contribution in [-0.4, -0.2) is 46.3 Å². The molecular weight excluding hydrogens is 451 g/mol. The molecule has 6 nitrogen and oxygen atoms in total. The van der Waals surface area contributed by atoms with Crippen molar-refractivity contribution in [1.29, 1.82) is 0 Å². The predicted octanol–water partition coefficient (Wildman–Crippen LogP) is 5.43. The van der Waals surface area contributed by atoms with Gasteiger partial charge in [0.25, 0.3) is 0 Å². The highest BCUT2D eigenvalue weighted by molar-refractivity contribution is 7.09. The molecule has 0 bridgehead atoms. The molecule has 1 aliphatic rings. The summed E-state index contributed by atoms with van der Waals surface area (Å²) in [6, 6.07) is 10.1. The Bertz CT molecular complexity index is 1280. The van der Waals surface area contributed by atoms with E-state index in [-0.39, 0.29) is 5.02 Å². The molecule has 0 spiro atoms. The third-order valence-corrected chi connectivity index (χ3v) is 6.50. The number of aromatic nitrogens is 2. The van der Waals surface area contributed by atoms with Crippen LogP contribution in [0.15, 0.2) is 48.0 Å². The van der Waals surface area contributed by atoms with Crippen molar-refractivity contribution in [3.8, 4) is 17.0 Å². The van der Waals surface area contributed by atoms with Gasteiger partial charge in [0.15, 0.2) is 11.6 Å². The lowest BCUT2D eigenvalue weighted by molar-refractivity contribution is 0.0342. The van der Waals surface area contributed by atoms with Crippen LogP contribution >= 0.6 is 22.9 Å². The molecule has 0 unspecified atom stereocenters. The van der Waals surface area contributed by atoms with Gasteiger partial charge in [-0.2, -0.15) is 0 Å². The average Bonchev–Trinajstić information content (AvgIpc) is 3.26. The first-order valence-electron chi connectivity index (χ1n) is 10.2. The minimum absolute atomic E-state index is 0.178. The van der Waals surface area contributed by atoms with Crippen LogP contribution in [0.4, 0.5) is 15.8 Å². The average molecular weight is 471 g/mol. The SMILES string of the molecule is Oc1cc(Nc2ccnc3cc(-c4csc(CN5CCOCC5)n4)ccc23)c(Cl)cc1F. The van der Waals surface area contributed by atoms with E-state index in [9.17, 15) is 9.50 Å². The summed E-state index contributed by atoms with van der Waals surface area (Å²) in [6.45, 7) is 4.24. The summed E-state index contributed by atoms with van der Waals surface area (Å²) in [4.78, 5) is 11.7. The number of thiazole rings is 1. The summed E-state index contributed by atoms with van der Waals surface area (Å²) in [5, 5.41) is 17.0. The summed E-state index contributed by atoms with van der Waals surface area (Å²) in [5.74, 6) is -1.23. The van der Waals surface area contributed by atoms with Gasteiger partial charge in [0.1, 0.15) is 5.01 Å². The van der Waals surface area contributed by atoms with Crippen LogP contribution in [0, 0.1) is 5.82 Å². The Morgan fingerprint density at radius 3 is 2.84 bits per heavy atom. The fourth-order valence-electron chi connectivity index (χ4n) is 3.66. The number of hydrogen-bond acceptors (Lipinski definition) is 7. The van der Waals surface area contributed by atoms with E-state index < -0.39 is 11.6 Å². The van der Waals surface area contributed by atoms with E-state index in [1.165, 1.54) is 6.07 Å². The second-order valence-electron chi connectivity index (χ2n) is 7.51. The van der Waals surface area contributed by atoms with E-state index >= 15 is 0 Å². The van der Waals surface area contributed by atoms with Crippen molar-refractivity contribution in [3.63, 3.8) is 0 Å². The normalized spacial score (nSPS) is 14.7. The lowest BCUT2D eigenvalue weighted by Crippen LogP contribution is -2.35. The van der Waals surface area contributed by atoms with E-state index in [0.29, 0.717) is 5.69 Å². The lowest BCUT2D eigenvalue weighted by Gasteiger charge is -2.25. The van der Waals surface area contributed by atoms with Crippen LogP contribution in [0.1, 0.15) is 5.01 Å². The molecule has 1 saturated heterocycles. The van der Waals surface area contributed by atoms with Gasteiger partial charge < -0.3 is 15.2 Å². The zero-order valence-electron chi connectivity index (χ0n) is 17.0. The number of benzene rings is 2. The van der Waals surface area contributed by atoms with Crippen molar-refractivity contribution in [1.82, 2.24) is 14.9 Å². The highest BCUT2D eigenvalue weighted by atomic mass is 35.5. The maximum absolute atomic E-state index is 13.5. The standard InChI is InChI=1S/C23H20ClFN4O2S/c24-16-10-17(25)22(30)11-20(16)27-18-3-4-26-19-9-14(1-2-15(18)19)21-13-32-23(28-21)12-29-5-7-31-8-6-29/h1-4,9-11,13,30H,5-8,12H2,(H,26,27). The molecule has 1 fully saturated rings. The molecule has 0 saturated carbocycles. The monoisotopic (exact) mass is 470 g/mol. The van der Waals surface area contributed by atoms with Crippen LogP contribution in [0.5, 0.6) is 5.75 Å². The first-order valence-corrected chi connectivity index (χ1v) is 11.4. The zero-order chi connectivity index (χ0) is 22.1. The van der Waals surface area contributed by atoms with Gasteiger partial charge in [-0.05, 0) is 18.2 Å². The number of anilines is 2. The van der Waals surface area contributed by atoms with Gasteiger partial charge in [0.2, 0.25) is 0 Å². The Balaban J connectivity index is 1.40. The molecule has 0 amide bonds. The molecule has 32 heavy (non-hydrogen) atoms. The van der Waals surface area contributed by atoms with E-state index in [2.05, 4.69) is 20.6 Å². The Morgan fingerprint density at radius 1 is 1.16 bits per heavy atom. The van der Waals surface area contributed by atoms with Crippen molar-refractivity contribution < 1.29 is 14.2 Å². The summed E-state index contributed by atoms with van der Waals surface area (Å²) < 4.78 is 18.9. The fraction of sp³-hybridized carbons (Fsp3) is 0.217. The van der Waals surface area contributed by atoms with Crippen LogP contribution in [0.2, 0.25) is 5.02 Å². The maximum atomic E-state index is 13.5. The number of aromatic hydroxyl groups is 1. The number of nitrogens with one attached hydrogen (secondary N) is 1. The Morgan fingerprint density at radius 2 is 2.00 bits per heavy atom. The summed E-state index contributed by atoms with van der Waals surface area (Å²) in [7, 11) is 0. The van der Waals surface area contributed by atoms with Gasteiger partial charge in [0.05, 0.1) is 41.7 Å². The van der Waals surface area contributed by atoms with Crippen LogP contribution in [-0.2, 0) is 11.3 Å². The second-order valence-corrected chi connectivity index (χ2v) is 8.86. The number of nitrogens with zero attached hydrogens (tertiary/aromatic N) is 3. The van der Waals surface area contributed by atoms with Crippen molar-refractivity contribution in [3.05, 3.63) is 63.8 Å². The molecule has 4 aromatic rings. The number of phenolic OH excluding ortho intramolecular Hbond substituents is 1. The number of phenols is 1. The zero-order valence-corrected chi connectivity index (χ0v) is 18.6. The Kier molecular flexibility index (Phi) is 5.93. The minimum Gasteiger partial charge on any atom is -0.505 e. The smallest absolute Gasteiger partial charge is 0.166 e. The molecule has 5 rings (SSSR count). The maximum Gasteiger partial charge on any atom is 0.166 e. The van der Waals surface area contributed by atoms with Crippen LogP contribution in [0.25, 0.3) is 22.2 Å². The number of morpholine rings is 1. The van der Waals surface area contributed by atoms with E-state index in [0.717, 1.165) is 71.8 Å². The minimum atomic E-state index is -0.763. The van der Waals surface area contributed by atoms with Gasteiger partial charge in [-0.25, -0.2) is 9.37 Å². The molecular formula is C23H20ClFN4O2S. The molecule has 2 aromatic carbocycles. The van der Waals surface area contributed by atoms with E-state index in [1.54, 1.807) is 17.5 Å². The van der Waals surface area contributed by atoms with Crippen molar-refractivity contribution in [2.24, 2.45) is 0 Å². The van der Waals surface area contributed by atoms with Gasteiger partial charge in [-0.3, -0.25) is 9.88 Å². The quantitative estimate of drug-likeness (QED) is 0.405. The molecule has 0 aliphatic carbocycles. The first-order chi connectivity index (χ1) is 15.6. The number of rotatable bonds is 5. The third kappa shape index (κ3) is 4.40. The highest BCUT2D eigenvalue weighted by Gasteiger charge is 2.14. The fourth-order valence-corrected chi connectivity index (χ4v) is 4.70. The Labute approximate surface area is 193 Å². The molecule has 0 radical (unpaired) electrons. The third-order valence-electron chi connectivity index (χ3n) is 5.36. The van der Waals surface area contributed by atoms with Gasteiger partial charge in [-0.15, -0.1) is 11.3 Å². The largest absolute Gasteiger partial charge is 0.505 e. The Hall–Kier alpha value is -2.78. The molecule has 2 N–H and O–H groups in total. The number of pyridine rings is 1. The topological polar surface area (TPSA) is 70.5 Å². The van der Waals surface area contributed by atoms with Crippen molar-refractivity contribution in [2.75, 3.05) is 31.6 Å². The molecule has 9 heteroatoms. The molecule has 0 atom stereocenters. The summed E-state index contributed by atoms with van der Waals surface area (Å²) in [6.07, 6.45) is 1.69. The predicted molar refractivity (Wildman–Crippen MR) is 125 cm³/mol. The summed E-state index contributed by atoms with van der Waals surface area (Å²) >= 11 is 7.79. The van der Waals surface area contributed by atoms with Crippen molar-refractivity contribution in [2.45, 2.75) is 6.54 Å². The highest BCUT2D eigenvalue weighted by Crippen LogP contribution is 2.34.